The second-order valence-electron chi connectivity index (χ2n) is 3.49. The summed E-state index contributed by atoms with van der Waals surface area (Å²) in [6, 6.07) is 3.90. The zero-order valence-corrected chi connectivity index (χ0v) is 8.75. The Morgan fingerprint density at radius 1 is 1.53 bits per heavy atom. The van der Waals surface area contributed by atoms with E-state index in [2.05, 4.69) is 0 Å². The molecule has 0 unspecified atom stereocenters. The van der Waals surface area contributed by atoms with Gasteiger partial charge in [0, 0.05) is 6.04 Å². The van der Waals surface area contributed by atoms with Crippen molar-refractivity contribution in [3.05, 3.63) is 27.8 Å². The molecule has 1 aromatic rings. The smallest absolute Gasteiger partial charge is 0.278 e. The van der Waals surface area contributed by atoms with Crippen molar-refractivity contribution in [1.29, 1.82) is 5.26 Å². The molecule has 0 bridgehead atoms. The molecule has 17 heavy (non-hydrogen) atoms. The van der Waals surface area contributed by atoms with Gasteiger partial charge in [-0.2, -0.15) is 5.26 Å². The Morgan fingerprint density at radius 2 is 2.18 bits per heavy atom. The average molecular weight is 235 g/mol. The Hall–Kier alpha value is -2.33. The molecule has 1 aliphatic rings. The second kappa shape index (κ2) is 4.27. The fraction of sp³-hybridized carbons (Fsp3) is 0.300. The number of rotatable bonds is 3. The summed E-state index contributed by atoms with van der Waals surface area (Å²) in [5, 5.41) is 19.5. The van der Waals surface area contributed by atoms with Crippen molar-refractivity contribution in [2.45, 2.75) is 12.5 Å². The number of nitro benzene ring substituents is 1. The van der Waals surface area contributed by atoms with Gasteiger partial charge in [0.2, 0.25) is 6.79 Å². The van der Waals surface area contributed by atoms with Crippen molar-refractivity contribution < 1.29 is 14.4 Å². The molecule has 7 heteroatoms. The third kappa shape index (κ3) is 1.98. The molecule has 0 saturated heterocycles. The van der Waals surface area contributed by atoms with Crippen LogP contribution in [0.25, 0.3) is 0 Å². The molecule has 1 aromatic carbocycles. The normalized spacial score (nSPS) is 14.1. The number of benzene rings is 1. The number of nitro groups is 1. The van der Waals surface area contributed by atoms with E-state index < -0.39 is 11.0 Å². The Balaban J connectivity index is 2.49. The maximum absolute atomic E-state index is 10.9. The number of ether oxygens (including phenoxy) is 2. The van der Waals surface area contributed by atoms with Crippen LogP contribution in [0.5, 0.6) is 11.5 Å². The first-order valence-corrected chi connectivity index (χ1v) is 4.84. The molecule has 0 aliphatic carbocycles. The first kappa shape index (κ1) is 11.2. The molecule has 2 N–H and O–H groups in total. The molecule has 2 rings (SSSR count). The summed E-state index contributed by atoms with van der Waals surface area (Å²) in [5.74, 6) is 0.739. The van der Waals surface area contributed by atoms with E-state index in [1.807, 2.05) is 6.07 Å². The molecule has 88 valence electrons. The van der Waals surface area contributed by atoms with Crippen LogP contribution in [-0.2, 0) is 0 Å². The number of hydrogen-bond acceptors (Lipinski definition) is 6. The van der Waals surface area contributed by atoms with Crippen LogP contribution >= 0.6 is 0 Å². The molecule has 0 amide bonds. The van der Waals surface area contributed by atoms with Gasteiger partial charge in [-0.1, -0.05) is 0 Å². The van der Waals surface area contributed by atoms with Crippen molar-refractivity contribution in [2.75, 3.05) is 6.79 Å². The fourth-order valence-electron chi connectivity index (χ4n) is 1.61. The summed E-state index contributed by atoms with van der Waals surface area (Å²) >= 11 is 0. The fourth-order valence-corrected chi connectivity index (χ4v) is 1.61. The van der Waals surface area contributed by atoms with Gasteiger partial charge < -0.3 is 15.2 Å². The summed E-state index contributed by atoms with van der Waals surface area (Å²) in [5.41, 5.74) is 5.84. The summed E-state index contributed by atoms with van der Waals surface area (Å²) in [7, 11) is 0. The van der Waals surface area contributed by atoms with E-state index in [0.717, 1.165) is 0 Å². The minimum Gasteiger partial charge on any atom is -0.454 e. The van der Waals surface area contributed by atoms with E-state index in [-0.39, 0.29) is 24.5 Å². The highest BCUT2D eigenvalue weighted by molar-refractivity contribution is 5.56. The first-order valence-electron chi connectivity index (χ1n) is 4.84. The maximum atomic E-state index is 10.9. The van der Waals surface area contributed by atoms with Gasteiger partial charge in [-0.3, -0.25) is 10.1 Å². The average Bonchev–Trinajstić information content (AvgIpc) is 2.74. The lowest BCUT2D eigenvalue weighted by Crippen LogP contribution is -2.11. The van der Waals surface area contributed by atoms with Crippen LogP contribution in [0, 0.1) is 21.4 Å². The van der Waals surface area contributed by atoms with E-state index in [4.69, 9.17) is 20.5 Å². The van der Waals surface area contributed by atoms with E-state index in [1.165, 1.54) is 12.1 Å². The lowest BCUT2D eigenvalue weighted by atomic mass is 10.0. The van der Waals surface area contributed by atoms with Gasteiger partial charge in [0.15, 0.2) is 11.5 Å². The van der Waals surface area contributed by atoms with Crippen LogP contribution in [0.3, 0.4) is 0 Å². The minimum atomic E-state index is -0.713. The van der Waals surface area contributed by atoms with Crippen molar-refractivity contribution in [2.24, 2.45) is 5.73 Å². The molecular formula is C10H9N3O4. The van der Waals surface area contributed by atoms with Crippen molar-refractivity contribution in [3.63, 3.8) is 0 Å². The van der Waals surface area contributed by atoms with Gasteiger partial charge in [-0.05, 0) is 6.07 Å². The summed E-state index contributed by atoms with van der Waals surface area (Å²) < 4.78 is 10.2. The second-order valence-corrected chi connectivity index (χ2v) is 3.49. The highest BCUT2D eigenvalue weighted by Crippen LogP contribution is 2.40. The lowest BCUT2D eigenvalue weighted by Gasteiger charge is -2.09. The molecule has 1 aliphatic heterocycles. The van der Waals surface area contributed by atoms with E-state index in [9.17, 15) is 10.1 Å². The van der Waals surface area contributed by atoms with Crippen LogP contribution in [0.4, 0.5) is 5.69 Å². The van der Waals surface area contributed by atoms with Crippen LogP contribution in [0.1, 0.15) is 18.0 Å². The topological polar surface area (TPSA) is 111 Å². The van der Waals surface area contributed by atoms with Crippen LogP contribution in [0.15, 0.2) is 12.1 Å². The van der Waals surface area contributed by atoms with Crippen LogP contribution < -0.4 is 15.2 Å². The molecule has 1 heterocycles. The third-order valence-electron chi connectivity index (χ3n) is 2.43. The largest absolute Gasteiger partial charge is 0.454 e. The molecule has 7 nitrogen and oxygen atoms in total. The van der Waals surface area contributed by atoms with Gasteiger partial charge in [-0.25, -0.2) is 0 Å². The predicted molar refractivity (Wildman–Crippen MR) is 56.4 cm³/mol. The molecule has 1 atom stereocenters. The number of hydrogen-bond donors (Lipinski definition) is 1. The van der Waals surface area contributed by atoms with Gasteiger partial charge in [0.05, 0.1) is 29.0 Å². The molecular weight excluding hydrogens is 226 g/mol. The third-order valence-corrected chi connectivity index (χ3v) is 2.43. The van der Waals surface area contributed by atoms with E-state index >= 15 is 0 Å². The Morgan fingerprint density at radius 3 is 2.76 bits per heavy atom. The highest BCUT2D eigenvalue weighted by atomic mass is 16.7. The summed E-state index contributed by atoms with van der Waals surface area (Å²) in [6.45, 7) is 0.0312. The molecule has 0 fully saturated rings. The van der Waals surface area contributed by atoms with Gasteiger partial charge in [0.25, 0.3) is 5.69 Å². The Bertz CT molecular complexity index is 509. The van der Waals surface area contributed by atoms with Crippen LogP contribution in [-0.4, -0.2) is 11.7 Å². The summed E-state index contributed by atoms with van der Waals surface area (Å²) in [4.78, 5) is 10.4. The van der Waals surface area contributed by atoms with Crippen molar-refractivity contribution in [3.8, 4) is 17.6 Å². The Labute approximate surface area is 96.5 Å². The van der Waals surface area contributed by atoms with Crippen molar-refractivity contribution in [1.82, 2.24) is 0 Å². The molecule has 0 radical (unpaired) electrons. The maximum Gasteiger partial charge on any atom is 0.278 e. The van der Waals surface area contributed by atoms with Crippen molar-refractivity contribution >= 4 is 5.69 Å². The number of nitriles is 1. The molecule has 0 spiro atoms. The monoisotopic (exact) mass is 235 g/mol. The number of nitrogens with zero attached hydrogens (tertiary/aromatic N) is 2. The van der Waals surface area contributed by atoms with E-state index in [0.29, 0.717) is 11.5 Å². The van der Waals surface area contributed by atoms with Gasteiger partial charge in [-0.15, -0.1) is 0 Å². The number of nitrogens with two attached hydrogens (primary N) is 1. The SMILES string of the molecule is N#CC[C@H](N)c1cc2c(cc1[N+](=O)[O-])OCO2. The first-order chi connectivity index (χ1) is 8.13. The Kier molecular flexibility index (Phi) is 2.80. The zero-order valence-electron chi connectivity index (χ0n) is 8.75. The van der Waals surface area contributed by atoms with Gasteiger partial charge in [0.1, 0.15) is 0 Å². The van der Waals surface area contributed by atoms with Crippen LogP contribution in [0.2, 0.25) is 0 Å². The quantitative estimate of drug-likeness (QED) is 0.623. The summed E-state index contributed by atoms with van der Waals surface area (Å²) in [6.07, 6.45) is 0.000480. The molecule has 0 aromatic heterocycles. The highest BCUT2D eigenvalue weighted by Gasteiger charge is 2.26. The molecule has 0 saturated carbocycles. The predicted octanol–water partition coefficient (Wildman–Crippen LogP) is 1.24. The minimum absolute atomic E-state index is 0.000480. The van der Waals surface area contributed by atoms with E-state index in [1.54, 1.807) is 0 Å². The lowest BCUT2D eigenvalue weighted by molar-refractivity contribution is -0.385. The standard InChI is InChI=1S/C10H9N3O4/c11-2-1-7(12)6-3-9-10(17-5-16-9)4-8(6)13(14)15/h3-4,7H,1,5,12H2/t7-/m0/s1. The van der Waals surface area contributed by atoms with Gasteiger partial charge >= 0.3 is 0 Å². The number of fused-ring (bicyclic) bond motifs is 1. The zero-order chi connectivity index (χ0) is 12.4.